The number of benzene rings is 2. The second-order valence-electron chi connectivity index (χ2n) is 6.85. The van der Waals surface area contributed by atoms with Crippen LogP contribution >= 0.6 is 0 Å². The van der Waals surface area contributed by atoms with Crippen LogP contribution in [0.15, 0.2) is 53.9 Å². The van der Waals surface area contributed by atoms with Crippen molar-refractivity contribution in [1.29, 1.82) is 0 Å². The van der Waals surface area contributed by atoms with Crippen molar-refractivity contribution in [3.05, 3.63) is 71.4 Å². The zero-order valence-electron chi connectivity index (χ0n) is 15.4. The van der Waals surface area contributed by atoms with Crippen LogP contribution in [0.5, 0.6) is 0 Å². The molecule has 2 aliphatic heterocycles. The van der Waals surface area contributed by atoms with Crippen molar-refractivity contribution >= 4 is 28.1 Å². The Balaban J connectivity index is 1.71. The van der Waals surface area contributed by atoms with Gasteiger partial charge in [-0.25, -0.2) is 4.39 Å². The summed E-state index contributed by atoms with van der Waals surface area (Å²) < 4.78 is 20.2. The summed E-state index contributed by atoms with van der Waals surface area (Å²) in [7, 11) is 0. The number of hydrogen-bond donors (Lipinski definition) is 3. The number of fused-ring (bicyclic) bond motifs is 3. The summed E-state index contributed by atoms with van der Waals surface area (Å²) in [4.78, 5) is 17.7. The molecule has 1 fully saturated rings. The number of carbonyl (C=O) groups is 1. The standard InChI is InChI=1S/C21H18FN5O2/c22-16-4-2-1-3-12(16)18-13-9-14(21(28)17-11-23-7-8-29-17)20-15(10-26-27-20)19(13)25-6-5-24-18/h1-6,9-10,17,23,25H,7-8,11H2,(H,26,27). The third-order valence-corrected chi connectivity index (χ3v) is 5.11. The Morgan fingerprint density at radius 1 is 1.24 bits per heavy atom. The Hall–Kier alpha value is -3.36. The van der Waals surface area contributed by atoms with Gasteiger partial charge < -0.3 is 15.4 Å². The summed E-state index contributed by atoms with van der Waals surface area (Å²) in [6.45, 7) is 1.63. The average Bonchev–Trinajstić information content (AvgIpc) is 3.15. The Morgan fingerprint density at radius 2 is 2.14 bits per heavy atom. The number of nitrogens with zero attached hydrogens (tertiary/aromatic N) is 2. The summed E-state index contributed by atoms with van der Waals surface area (Å²) in [6.07, 6.45) is 4.31. The Labute approximate surface area is 165 Å². The second kappa shape index (κ2) is 7.23. The Morgan fingerprint density at radius 3 is 2.97 bits per heavy atom. The van der Waals surface area contributed by atoms with E-state index in [1.165, 1.54) is 6.07 Å². The van der Waals surface area contributed by atoms with Gasteiger partial charge in [-0.05, 0) is 18.2 Å². The number of hydrogen-bond acceptors (Lipinski definition) is 6. The monoisotopic (exact) mass is 391 g/mol. The van der Waals surface area contributed by atoms with Crippen LogP contribution < -0.4 is 10.6 Å². The zero-order chi connectivity index (χ0) is 19.8. The molecule has 3 heterocycles. The minimum Gasteiger partial charge on any atom is -0.367 e. The number of aromatic amines is 1. The first-order valence-electron chi connectivity index (χ1n) is 9.35. The quantitative estimate of drug-likeness (QED) is 0.597. The predicted molar refractivity (Wildman–Crippen MR) is 108 cm³/mol. The summed E-state index contributed by atoms with van der Waals surface area (Å²) in [5.41, 5.74) is 3.19. The van der Waals surface area contributed by atoms with Gasteiger partial charge in [0, 0.05) is 47.6 Å². The van der Waals surface area contributed by atoms with E-state index in [0.717, 1.165) is 5.39 Å². The van der Waals surface area contributed by atoms with E-state index in [4.69, 9.17) is 4.74 Å². The van der Waals surface area contributed by atoms with E-state index in [-0.39, 0.29) is 11.6 Å². The number of rotatable bonds is 3. The van der Waals surface area contributed by atoms with Gasteiger partial charge in [0.15, 0.2) is 5.78 Å². The number of ketones is 1. The molecule has 7 nitrogen and oxygen atoms in total. The van der Waals surface area contributed by atoms with Crippen LogP contribution in [-0.4, -0.2) is 47.5 Å². The van der Waals surface area contributed by atoms with Gasteiger partial charge in [-0.1, -0.05) is 12.1 Å². The number of ether oxygens (including phenoxy) is 1. The van der Waals surface area contributed by atoms with E-state index in [1.54, 1.807) is 42.9 Å². The summed E-state index contributed by atoms with van der Waals surface area (Å²) in [6, 6.07) is 8.19. The third-order valence-electron chi connectivity index (χ3n) is 5.11. The summed E-state index contributed by atoms with van der Waals surface area (Å²) in [5.74, 6) is -0.535. The molecule has 0 bridgehead atoms. The number of morpholine rings is 1. The number of halogens is 1. The minimum atomic E-state index is -0.584. The van der Waals surface area contributed by atoms with Crippen LogP contribution in [0.2, 0.25) is 0 Å². The highest BCUT2D eigenvalue weighted by molar-refractivity contribution is 6.23. The van der Waals surface area contributed by atoms with Crippen molar-refractivity contribution in [2.45, 2.75) is 6.10 Å². The highest BCUT2D eigenvalue weighted by Gasteiger charge is 2.28. The maximum absolute atomic E-state index is 14.6. The molecule has 29 heavy (non-hydrogen) atoms. The van der Waals surface area contributed by atoms with E-state index in [0.29, 0.717) is 53.3 Å². The van der Waals surface area contributed by atoms with Gasteiger partial charge in [-0.3, -0.25) is 14.9 Å². The molecule has 3 N–H and O–H groups in total. The minimum absolute atomic E-state index is 0.153. The molecular formula is C21H18FN5O2. The summed E-state index contributed by atoms with van der Waals surface area (Å²) >= 11 is 0. The molecule has 1 atom stereocenters. The van der Waals surface area contributed by atoms with E-state index in [9.17, 15) is 9.18 Å². The number of H-pyrrole nitrogens is 1. The molecule has 1 unspecified atom stereocenters. The molecule has 0 spiro atoms. The van der Waals surface area contributed by atoms with Gasteiger partial charge in [-0.2, -0.15) is 5.10 Å². The first kappa shape index (κ1) is 17.7. The van der Waals surface area contributed by atoms with Gasteiger partial charge in [0.2, 0.25) is 0 Å². The van der Waals surface area contributed by atoms with Gasteiger partial charge in [-0.15, -0.1) is 0 Å². The van der Waals surface area contributed by atoms with Crippen LogP contribution in [-0.2, 0) is 4.74 Å². The highest BCUT2D eigenvalue weighted by atomic mass is 19.1. The number of carbonyl (C=O) groups excluding carboxylic acids is 1. The molecule has 8 heteroatoms. The lowest BCUT2D eigenvalue weighted by molar-refractivity contribution is 0.0270. The lowest BCUT2D eigenvalue weighted by Crippen LogP contribution is -2.43. The molecule has 3 aromatic rings. The van der Waals surface area contributed by atoms with E-state index in [1.807, 2.05) is 0 Å². The Bertz CT molecular complexity index is 1160. The molecule has 1 saturated heterocycles. The Kier molecular flexibility index (Phi) is 4.42. The maximum atomic E-state index is 14.6. The molecule has 0 aliphatic carbocycles. The van der Waals surface area contributed by atoms with Crippen molar-refractivity contribution in [2.75, 3.05) is 25.0 Å². The number of Topliss-reactive ketones (excluding diaryl/α,β-unsaturated/α-hetero) is 1. The van der Waals surface area contributed by atoms with Crippen molar-refractivity contribution in [3.8, 4) is 0 Å². The number of anilines is 1. The lowest BCUT2D eigenvalue weighted by Gasteiger charge is -2.23. The number of nitrogens with one attached hydrogen (secondary N) is 3. The number of aromatic nitrogens is 2. The van der Waals surface area contributed by atoms with E-state index >= 15 is 0 Å². The van der Waals surface area contributed by atoms with E-state index < -0.39 is 6.10 Å². The topological polar surface area (TPSA) is 91.4 Å². The van der Waals surface area contributed by atoms with Crippen molar-refractivity contribution in [2.24, 2.45) is 4.99 Å². The molecule has 0 radical (unpaired) electrons. The molecule has 0 amide bonds. The zero-order valence-corrected chi connectivity index (χ0v) is 15.4. The molecule has 146 valence electrons. The molecular weight excluding hydrogens is 373 g/mol. The molecule has 2 aliphatic rings. The second-order valence-corrected chi connectivity index (χ2v) is 6.85. The van der Waals surface area contributed by atoms with Crippen LogP contribution in [0.25, 0.3) is 10.9 Å². The third kappa shape index (κ3) is 3.02. The average molecular weight is 391 g/mol. The first-order valence-corrected chi connectivity index (χ1v) is 9.35. The molecule has 0 saturated carbocycles. The molecule has 2 aromatic carbocycles. The fraction of sp³-hybridized carbons (Fsp3) is 0.190. The van der Waals surface area contributed by atoms with Crippen LogP contribution in [0.3, 0.4) is 0 Å². The predicted octanol–water partition coefficient (Wildman–Crippen LogP) is 2.61. The van der Waals surface area contributed by atoms with Gasteiger partial charge >= 0.3 is 0 Å². The van der Waals surface area contributed by atoms with Gasteiger partial charge in [0.1, 0.15) is 11.9 Å². The smallest absolute Gasteiger partial charge is 0.195 e. The van der Waals surface area contributed by atoms with Crippen LogP contribution in [0, 0.1) is 5.82 Å². The first-order chi connectivity index (χ1) is 14.2. The molecule has 1 aromatic heterocycles. The van der Waals surface area contributed by atoms with Crippen molar-refractivity contribution in [1.82, 2.24) is 15.5 Å². The molecule has 5 rings (SSSR count). The fourth-order valence-corrected chi connectivity index (χ4v) is 3.73. The highest BCUT2D eigenvalue weighted by Crippen LogP contribution is 2.34. The maximum Gasteiger partial charge on any atom is 0.195 e. The van der Waals surface area contributed by atoms with Crippen molar-refractivity contribution < 1.29 is 13.9 Å². The van der Waals surface area contributed by atoms with Gasteiger partial charge in [0.05, 0.1) is 29.7 Å². The normalized spacial score (nSPS) is 18.7. The van der Waals surface area contributed by atoms with Crippen LogP contribution in [0.1, 0.15) is 21.5 Å². The number of aliphatic imine (C=N–C) groups is 1. The lowest BCUT2D eigenvalue weighted by atomic mass is 9.93. The largest absolute Gasteiger partial charge is 0.367 e. The SMILES string of the molecule is O=C(c1cc2c(c3cn[nH]c13)NC=CN=C2c1ccccc1F)C1CNCCO1. The van der Waals surface area contributed by atoms with Crippen molar-refractivity contribution in [3.63, 3.8) is 0 Å². The fourth-order valence-electron chi connectivity index (χ4n) is 3.73. The van der Waals surface area contributed by atoms with Gasteiger partial charge in [0.25, 0.3) is 0 Å². The van der Waals surface area contributed by atoms with E-state index in [2.05, 4.69) is 25.8 Å². The summed E-state index contributed by atoms with van der Waals surface area (Å²) in [5, 5.41) is 14.1. The van der Waals surface area contributed by atoms with Crippen LogP contribution in [0.4, 0.5) is 10.1 Å².